The van der Waals surface area contributed by atoms with Crippen LogP contribution in [0.15, 0.2) is 83.1 Å². The lowest BCUT2D eigenvalue weighted by Gasteiger charge is -2.10. The van der Waals surface area contributed by atoms with Gasteiger partial charge in [0, 0.05) is 21.4 Å². The Morgan fingerprint density at radius 3 is 1.78 bits per heavy atom. The monoisotopic (exact) mass is 479 g/mol. The van der Waals surface area contributed by atoms with E-state index < -0.39 is 0 Å². The molecule has 0 saturated heterocycles. The van der Waals surface area contributed by atoms with Crippen molar-refractivity contribution in [2.75, 3.05) is 10.6 Å². The first-order valence-electron chi connectivity index (χ1n) is 9.55. The summed E-state index contributed by atoms with van der Waals surface area (Å²) >= 11 is 13.3. The minimum absolute atomic E-state index is 0.386. The summed E-state index contributed by atoms with van der Waals surface area (Å²) in [6.45, 7) is 0. The van der Waals surface area contributed by atoms with Crippen LogP contribution in [0, 0.1) is 0 Å². The topological polar surface area (TPSA) is 91.4 Å². The van der Waals surface area contributed by atoms with E-state index in [1.165, 1.54) is 11.8 Å². The van der Waals surface area contributed by atoms with Crippen molar-refractivity contribution in [3.63, 3.8) is 0 Å². The largest absolute Gasteiger partial charge is 0.333 e. The van der Waals surface area contributed by atoms with Gasteiger partial charge < -0.3 is 15.6 Å². The molecule has 0 unspecified atom stereocenters. The second kappa shape index (κ2) is 9.04. The number of rotatable bonds is 6. The molecule has 2 heterocycles. The van der Waals surface area contributed by atoms with E-state index in [1.54, 1.807) is 24.3 Å². The van der Waals surface area contributed by atoms with Gasteiger partial charge in [-0.05, 0) is 72.4 Å². The highest BCUT2D eigenvalue weighted by molar-refractivity contribution is 7.99. The number of benzene rings is 3. The van der Waals surface area contributed by atoms with Gasteiger partial charge in [-0.3, -0.25) is 0 Å². The third-order valence-corrected chi connectivity index (χ3v) is 5.63. The third kappa shape index (κ3) is 4.94. The SMILES string of the molecule is Clc1ccc(Nc2nc(Nc3ccc(Cl)cc3)nc(Sc3nc4ccccc4[nH]3)n2)cc1. The zero-order valence-corrected chi connectivity index (χ0v) is 18.7. The Kier molecular flexibility index (Phi) is 5.81. The Labute approximate surface area is 197 Å². The summed E-state index contributed by atoms with van der Waals surface area (Å²) in [6.07, 6.45) is 0. The molecule has 32 heavy (non-hydrogen) atoms. The highest BCUT2D eigenvalue weighted by Crippen LogP contribution is 2.27. The van der Waals surface area contributed by atoms with Gasteiger partial charge in [-0.2, -0.15) is 15.0 Å². The quantitative estimate of drug-likeness (QED) is 0.249. The van der Waals surface area contributed by atoms with E-state index in [4.69, 9.17) is 23.2 Å². The lowest BCUT2D eigenvalue weighted by molar-refractivity contribution is 0.913. The van der Waals surface area contributed by atoms with Gasteiger partial charge in [0.15, 0.2) is 5.16 Å². The zero-order valence-electron chi connectivity index (χ0n) is 16.4. The molecule has 0 aliphatic rings. The molecule has 0 radical (unpaired) electrons. The van der Waals surface area contributed by atoms with Crippen molar-refractivity contribution in [3.8, 4) is 0 Å². The van der Waals surface area contributed by atoms with Crippen LogP contribution in [0.25, 0.3) is 11.0 Å². The van der Waals surface area contributed by atoms with E-state index in [9.17, 15) is 0 Å². The summed E-state index contributed by atoms with van der Waals surface area (Å²) < 4.78 is 0. The second-order valence-electron chi connectivity index (χ2n) is 6.69. The minimum atomic E-state index is 0.386. The molecule has 5 rings (SSSR count). The molecule has 0 aliphatic carbocycles. The number of aromatic nitrogens is 5. The second-order valence-corrected chi connectivity index (χ2v) is 8.52. The number of hydrogen-bond donors (Lipinski definition) is 3. The number of anilines is 4. The number of hydrogen-bond acceptors (Lipinski definition) is 7. The van der Waals surface area contributed by atoms with E-state index in [0.717, 1.165) is 22.4 Å². The zero-order chi connectivity index (χ0) is 21.9. The molecule has 158 valence electrons. The van der Waals surface area contributed by atoms with Crippen LogP contribution in [-0.2, 0) is 0 Å². The number of halogens is 2. The molecular formula is C22H15Cl2N7S. The number of nitrogens with zero attached hydrogens (tertiary/aromatic N) is 4. The first-order valence-corrected chi connectivity index (χ1v) is 11.1. The number of nitrogens with one attached hydrogen (secondary N) is 3. The van der Waals surface area contributed by atoms with Gasteiger partial charge in [-0.15, -0.1) is 0 Å². The molecule has 0 bridgehead atoms. The van der Waals surface area contributed by atoms with Gasteiger partial charge in [0.05, 0.1) is 11.0 Å². The highest BCUT2D eigenvalue weighted by Gasteiger charge is 2.12. The molecule has 10 heteroatoms. The smallest absolute Gasteiger partial charge is 0.233 e. The van der Waals surface area contributed by atoms with E-state index >= 15 is 0 Å². The molecule has 0 amide bonds. The Morgan fingerprint density at radius 1 is 0.656 bits per heavy atom. The molecule has 3 N–H and O–H groups in total. The van der Waals surface area contributed by atoms with Crippen molar-refractivity contribution >= 4 is 69.3 Å². The molecule has 0 fully saturated rings. The third-order valence-electron chi connectivity index (χ3n) is 4.37. The number of H-pyrrole nitrogens is 1. The molecule has 0 saturated carbocycles. The fourth-order valence-electron chi connectivity index (χ4n) is 2.90. The van der Waals surface area contributed by atoms with Gasteiger partial charge in [0.1, 0.15) is 0 Å². The van der Waals surface area contributed by atoms with Crippen molar-refractivity contribution in [3.05, 3.63) is 82.8 Å². The maximum absolute atomic E-state index is 5.99. The van der Waals surface area contributed by atoms with Crippen LogP contribution in [-0.4, -0.2) is 24.9 Å². The van der Waals surface area contributed by atoms with Crippen molar-refractivity contribution in [1.82, 2.24) is 24.9 Å². The van der Waals surface area contributed by atoms with E-state index in [2.05, 4.69) is 35.6 Å². The highest BCUT2D eigenvalue weighted by atomic mass is 35.5. The van der Waals surface area contributed by atoms with Crippen molar-refractivity contribution < 1.29 is 0 Å². The van der Waals surface area contributed by atoms with Crippen molar-refractivity contribution in [2.45, 2.75) is 10.3 Å². The molecule has 3 aromatic carbocycles. The van der Waals surface area contributed by atoms with Gasteiger partial charge in [0.2, 0.25) is 17.1 Å². The first kappa shape index (κ1) is 20.6. The maximum Gasteiger partial charge on any atom is 0.233 e. The Bertz CT molecular complexity index is 1270. The standard InChI is InChI=1S/C22H15Cl2N7S/c23-13-5-9-15(10-6-13)25-19-29-20(26-16-11-7-14(24)8-12-16)31-22(30-19)32-21-27-17-3-1-2-4-18(17)28-21/h1-12H,(H,27,28)(H2,25,26,29,30,31). The van der Waals surface area contributed by atoms with Gasteiger partial charge >= 0.3 is 0 Å². The fourth-order valence-corrected chi connectivity index (χ4v) is 3.90. The Hall–Kier alpha value is -3.33. The minimum Gasteiger partial charge on any atom is -0.333 e. The van der Waals surface area contributed by atoms with Crippen LogP contribution in [0.2, 0.25) is 10.0 Å². The summed E-state index contributed by atoms with van der Waals surface area (Å²) in [5.74, 6) is 0.773. The van der Waals surface area contributed by atoms with Crippen molar-refractivity contribution in [2.24, 2.45) is 0 Å². The fraction of sp³-hybridized carbons (Fsp3) is 0. The summed E-state index contributed by atoms with van der Waals surface area (Å²) in [5.41, 5.74) is 3.43. The average molecular weight is 480 g/mol. The predicted molar refractivity (Wildman–Crippen MR) is 130 cm³/mol. The molecule has 5 aromatic rings. The van der Waals surface area contributed by atoms with Crippen LogP contribution in [0.1, 0.15) is 0 Å². The van der Waals surface area contributed by atoms with Crippen LogP contribution in [0.3, 0.4) is 0 Å². The van der Waals surface area contributed by atoms with Crippen LogP contribution >= 0.6 is 35.0 Å². The lowest BCUT2D eigenvalue weighted by atomic mass is 10.3. The summed E-state index contributed by atoms with van der Waals surface area (Å²) in [7, 11) is 0. The summed E-state index contributed by atoms with van der Waals surface area (Å²) in [5, 5.41) is 8.85. The summed E-state index contributed by atoms with van der Waals surface area (Å²) in [4.78, 5) is 21.5. The van der Waals surface area contributed by atoms with E-state index in [-0.39, 0.29) is 0 Å². The van der Waals surface area contributed by atoms with Gasteiger partial charge in [0.25, 0.3) is 0 Å². The molecule has 2 aromatic heterocycles. The molecule has 0 atom stereocenters. The average Bonchev–Trinajstić information content (AvgIpc) is 3.19. The van der Waals surface area contributed by atoms with E-state index in [1.807, 2.05) is 48.5 Å². The van der Waals surface area contributed by atoms with E-state index in [0.29, 0.717) is 32.3 Å². The number of imidazole rings is 1. The van der Waals surface area contributed by atoms with Gasteiger partial charge in [-0.1, -0.05) is 35.3 Å². The van der Waals surface area contributed by atoms with Gasteiger partial charge in [-0.25, -0.2) is 4.98 Å². The predicted octanol–water partition coefficient (Wildman–Crippen LogP) is 6.69. The number of aromatic amines is 1. The van der Waals surface area contributed by atoms with Crippen LogP contribution < -0.4 is 10.6 Å². The maximum atomic E-state index is 5.99. The normalized spacial score (nSPS) is 10.9. The number of fused-ring (bicyclic) bond motifs is 1. The molecule has 0 spiro atoms. The Morgan fingerprint density at radius 2 is 1.22 bits per heavy atom. The summed E-state index contributed by atoms with van der Waals surface area (Å²) in [6, 6.07) is 22.4. The molecule has 0 aliphatic heterocycles. The molecule has 7 nitrogen and oxygen atoms in total. The lowest BCUT2D eigenvalue weighted by Crippen LogP contribution is -2.05. The molecular weight excluding hydrogens is 465 g/mol. The van der Waals surface area contributed by atoms with Crippen molar-refractivity contribution in [1.29, 1.82) is 0 Å². The van der Waals surface area contributed by atoms with Crippen LogP contribution in [0.4, 0.5) is 23.3 Å². The first-order chi connectivity index (χ1) is 15.6. The Balaban J connectivity index is 1.47. The number of para-hydroxylation sites is 2. The van der Waals surface area contributed by atoms with Crippen LogP contribution in [0.5, 0.6) is 0 Å².